The number of nitrogens with zero attached hydrogens (tertiary/aromatic N) is 2. The van der Waals surface area contributed by atoms with Gasteiger partial charge in [0.15, 0.2) is 0 Å². The minimum atomic E-state index is -0.122. The lowest BCUT2D eigenvalue weighted by Crippen LogP contribution is -2.38. The third-order valence-electron chi connectivity index (χ3n) is 3.65. The van der Waals surface area contributed by atoms with Crippen molar-refractivity contribution < 1.29 is 14.3 Å². The largest absolute Gasteiger partial charge is 0.462 e. The number of carbonyl (C=O) groups is 1. The fourth-order valence-corrected chi connectivity index (χ4v) is 2.58. The number of aromatic nitrogens is 1. The Hall–Kier alpha value is -1.33. The molecule has 5 nitrogen and oxygen atoms in total. The Kier molecular flexibility index (Phi) is 6.93. The van der Waals surface area contributed by atoms with Gasteiger partial charge in [-0.1, -0.05) is 11.6 Å². The van der Waals surface area contributed by atoms with Crippen molar-refractivity contribution in [2.75, 3.05) is 31.2 Å². The minimum absolute atomic E-state index is 0.0168. The van der Waals surface area contributed by atoms with E-state index in [1.807, 2.05) is 19.1 Å². The number of anilines is 1. The number of ether oxygens (including phenoxy) is 2. The molecule has 1 aliphatic rings. The van der Waals surface area contributed by atoms with Gasteiger partial charge in [0.2, 0.25) is 0 Å². The second kappa shape index (κ2) is 8.96. The number of rotatable bonds is 7. The Labute approximate surface area is 136 Å². The number of carbonyl (C=O) groups excluding carboxylic acids is 1. The molecule has 1 aromatic heterocycles. The van der Waals surface area contributed by atoms with Gasteiger partial charge in [-0.15, -0.1) is 0 Å². The van der Waals surface area contributed by atoms with Crippen LogP contribution in [0.15, 0.2) is 18.3 Å². The first-order chi connectivity index (χ1) is 10.7. The third-order valence-corrected chi connectivity index (χ3v) is 3.87. The van der Waals surface area contributed by atoms with Crippen LogP contribution in [0.5, 0.6) is 0 Å². The fourth-order valence-electron chi connectivity index (χ4n) is 2.47. The van der Waals surface area contributed by atoms with Crippen LogP contribution in [0.4, 0.5) is 5.82 Å². The molecule has 0 atom stereocenters. The zero-order valence-electron chi connectivity index (χ0n) is 13.0. The average Bonchev–Trinajstić information content (AvgIpc) is 2.53. The molecule has 1 saturated heterocycles. The van der Waals surface area contributed by atoms with Crippen molar-refractivity contribution >= 4 is 23.4 Å². The molecular weight excluding hydrogens is 304 g/mol. The van der Waals surface area contributed by atoms with Crippen LogP contribution in [0, 0.1) is 0 Å². The zero-order valence-corrected chi connectivity index (χ0v) is 13.7. The smallest absolute Gasteiger partial charge is 0.306 e. The summed E-state index contributed by atoms with van der Waals surface area (Å²) in [6.45, 7) is 4.93. The van der Waals surface area contributed by atoms with Gasteiger partial charge in [-0.2, -0.15) is 0 Å². The maximum atomic E-state index is 11.7. The van der Waals surface area contributed by atoms with Gasteiger partial charge in [-0.05, 0) is 25.5 Å². The van der Waals surface area contributed by atoms with Crippen LogP contribution >= 0.6 is 11.6 Å². The van der Waals surface area contributed by atoms with Crippen LogP contribution in [0.3, 0.4) is 0 Å². The molecule has 1 aliphatic heterocycles. The van der Waals surface area contributed by atoms with Crippen LogP contribution in [0.2, 0.25) is 5.02 Å². The van der Waals surface area contributed by atoms with Gasteiger partial charge < -0.3 is 14.4 Å². The topological polar surface area (TPSA) is 51.7 Å². The first kappa shape index (κ1) is 17.0. The Bertz CT molecular complexity index is 459. The molecule has 0 N–H and O–H groups in total. The van der Waals surface area contributed by atoms with E-state index in [0.29, 0.717) is 24.7 Å². The van der Waals surface area contributed by atoms with Gasteiger partial charge in [0, 0.05) is 51.8 Å². The summed E-state index contributed by atoms with van der Waals surface area (Å²) >= 11 is 5.85. The SMILES string of the molecule is CCOCCCC(=O)OC1CCN(c2ccc(Cl)cn2)CC1. The Morgan fingerprint density at radius 2 is 2.18 bits per heavy atom. The summed E-state index contributed by atoms with van der Waals surface area (Å²) in [6.07, 6.45) is 4.49. The van der Waals surface area contributed by atoms with Crippen LogP contribution < -0.4 is 4.90 Å². The molecule has 0 bridgehead atoms. The monoisotopic (exact) mass is 326 g/mol. The van der Waals surface area contributed by atoms with E-state index in [4.69, 9.17) is 21.1 Å². The molecule has 0 aromatic carbocycles. The molecule has 2 heterocycles. The molecule has 2 rings (SSSR count). The quantitative estimate of drug-likeness (QED) is 0.569. The average molecular weight is 327 g/mol. The van der Waals surface area contributed by atoms with E-state index in [2.05, 4.69) is 9.88 Å². The number of hydrogen-bond acceptors (Lipinski definition) is 5. The Morgan fingerprint density at radius 1 is 1.41 bits per heavy atom. The molecule has 0 aliphatic carbocycles. The van der Waals surface area contributed by atoms with Crippen LogP contribution in [0.1, 0.15) is 32.6 Å². The van der Waals surface area contributed by atoms with Crippen molar-refractivity contribution in [2.45, 2.75) is 38.7 Å². The van der Waals surface area contributed by atoms with Crippen LogP contribution in [-0.4, -0.2) is 43.4 Å². The number of halogens is 1. The molecule has 6 heteroatoms. The maximum Gasteiger partial charge on any atom is 0.306 e. The van der Waals surface area contributed by atoms with E-state index in [0.717, 1.165) is 38.2 Å². The number of esters is 1. The van der Waals surface area contributed by atoms with Crippen molar-refractivity contribution in [3.8, 4) is 0 Å². The van der Waals surface area contributed by atoms with E-state index in [9.17, 15) is 4.79 Å². The summed E-state index contributed by atoms with van der Waals surface area (Å²) in [5, 5.41) is 0.639. The highest BCUT2D eigenvalue weighted by molar-refractivity contribution is 6.30. The van der Waals surface area contributed by atoms with Gasteiger partial charge in [0.25, 0.3) is 0 Å². The minimum Gasteiger partial charge on any atom is -0.462 e. The van der Waals surface area contributed by atoms with Crippen molar-refractivity contribution in [1.82, 2.24) is 4.98 Å². The molecule has 0 saturated carbocycles. The molecule has 0 unspecified atom stereocenters. The lowest BCUT2D eigenvalue weighted by Gasteiger charge is -2.32. The predicted molar refractivity (Wildman–Crippen MR) is 86.3 cm³/mol. The molecule has 22 heavy (non-hydrogen) atoms. The summed E-state index contributed by atoms with van der Waals surface area (Å²) in [4.78, 5) is 18.3. The Balaban J connectivity index is 1.68. The van der Waals surface area contributed by atoms with Crippen molar-refractivity contribution in [3.05, 3.63) is 23.4 Å². The van der Waals surface area contributed by atoms with Gasteiger partial charge >= 0.3 is 5.97 Å². The van der Waals surface area contributed by atoms with Crippen molar-refractivity contribution in [3.63, 3.8) is 0 Å². The highest BCUT2D eigenvalue weighted by Crippen LogP contribution is 2.21. The molecule has 1 aromatic rings. The van der Waals surface area contributed by atoms with Gasteiger partial charge in [-0.25, -0.2) is 4.98 Å². The van der Waals surface area contributed by atoms with E-state index < -0.39 is 0 Å². The van der Waals surface area contributed by atoms with Crippen molar-refractivity contribution in [2.24, 2.45) is 0 Å². The molecule has 1 fully saturated rings. The lowest BCUT2D eigenvalue weighted by molar-refractivity contribution is -0.150. The van der Waals surface area contributed by atoms with Gasteiger partial charge in [0.1, 0.15) is 11.9 Å². The summed E-state index contributed by atoms with van der Waals surface area (Å²) in [6, 6.07) is 3.76. The molecule has 0 radical (unpaired) electrons. The number of piperidine rings is 1. The second-order valence-corrected chi connectivity index (χ2v) is 5.75. The van der Waals surface area contributed by atoms with E-state index in [1.54, 1.807) is 6.20 Å². The molecule has 122 valence electrons. The van der Waals surface area contributed by atoms with Crippen LogP contribution in [-0.2, 0) is 14.3 Å². The summed E-state index contributed by atoms with van der Waals surface area (Å²) in [7, 11) is 0. The van der Waals surface area contributed by atoms with E-state index >= 15 is 0 Å². The maximum absolute atomic E-state index is 11.7. The number of hydrogen-bond donors (Lipinski definition) is 0. The van der Waals surface area contributed by atoms with Crippen molar-refractivity contribution in [1.29, 1.82) is 0 Å². The summed E-state index contributed by atoms with van der Waals surface area (Å²) in [5.74, 6) is 0.800. The molecular formula is C16H23ClN2O3. The predicted octanol–water partition coefficient (Wildman–Crippen LogP) is 3.06. The zero-order chi connectivity index (χ0) is 15.8. The molecule has 0 spiro atoms. The third kappa shape index (κ3) is 5.46. The first-order valence-corrected chi connectivity index (χ1v) is 8.20. The van der Waals surface area contributed by atoms with Gasteiger partial charge in [-0.3, -0.25) is 4.79 Å². The Morgan fingerprint density at radius 3 is 2.82 bits per heavy atom. The molecule has 0 amide bonds. The van der Waals surface area contributed by atoms with E-state index in [1.165, 1.54) is 0 Å². The highest BCUT2D eigenvalue weighted by Gasteiger charge is 2.22. The fraction of sp³-hybridized carbons (Fsp3) is 0.625. The van der Waals surface area contributed by atoms with E-state index in [-0.39, 0.29) is 12.1 Å². The first-order valence-electron chi connectivity index (χ1n) is 7.82. The number of pyridine rings is 1. The second-order valence-electron chi connectivity index (χ2n) is 5.31. The lowest BCUT2D eigenvalue weighted by atomic mass is 10.1. The standard InChI is InChI=1S/C16H23ClN2O3/c1-2-21-11-3-4-16(20)22-14-7-9-19(10-8-14)15-6-5-13(17)12-18-15/h5-6,12,14H,2-4,7-11H2,1H3. The highest BCUT2D eigenvalue weighted by atomic mass is 35.5. The summed E-state index contributed by atoms with van der Waals surface area (Å²) in [5.41, 5.74) is 0. The summed E-state index contributed by atoms with van der Waals surface area (Å²) < 4.78 is 10.7. The van der Waals surface area contributed by atoms with Gasteiger partial charge in [0.05, 0.1) is 5.02 Å². The van der Waals surface area contributed by atoms with Crippen LogP contribution in [0.25, 0.3) is 0 Å². The normalized spacial score (nSPS) is 15.8.